The monoisotopic (exact) mass is 382 g/mol. The van der Waals surface area contributed by atoms with Gasteiger partial charge in [-0.2, -0.15) is 0 Å². The Bertz CT molecular complexity index is 649. The molecule has 0 spiro atoms. The van der Waals surface area contributed by atoms with E-state index in [0.717, 1.165) is 12.1 Å². The summed E-state index contributed by atoms with van der Waals surface area (Å²) in [4.78, 5) is 10.3. The van der Waals surface area contributed by atoms with Crippen molar-refractivity contribution in [3.05, 3.63) is 28.0 Å². The Morgan fingerprint density at radius 2 is 1.95 bits per heavy atom. The number of halogens is 2. The first-order valence-corrected chi connectivity index (χ1v) is 8.47. The van der Waals surface area contributed by atoms with Crippen LogP contribution >= 0.6 is 15.9 Å². The zero-order valence-corrected chi connectivity index (χ0v) is 14.2. The highest BCUT2D eigenvalue weighted by Gasteiger charge is 2.25. The van der Waals surface area contributed by atoms with Crippen LogP contribution < -0.4 is 0 Å². The van der Waals surface area contributed by atoms with Crippen molar-refractivity contribution in [3.63, 3.8) is 0 Å². The molecular weight excluding hydrogens is 367 g/mol. The Labute approximate surface area is 131 Å². The molecule has 0 saturated carbocycles. The van der Waals surface area contributed by atoms with Gasteiger partial charge in [0.2, 0.25) is 0 Å². The molecule has 0 saturated heterocycles. The van der Waals surface area contributed by atoms with E-state index < -0.39 is 43.4 Å². The van der Waals surface area contributed by atoms with Gasteiger partial charge in [-0.15, -0.1) is 0 Å². The van der Waals surface area contributed by atoms with Crippen molar-refractivity contribution in [2.75, 3.05) is 12.4 Å². The molecular formula is C13H16BrFO5S. The highest BCUT2D eigenvalue weighted by atomic mass is 79.9. The van der Waals surface area contributed by atoms with Crippen LogP contribution in [0.15, 0.2) is 21.5 Å². The van der Waals surface area contributed by atoms with Crippen LogP contribution in [-0.4, -0.2) is 37.5 Å². The lowest BCUT2D eigenvalue weighted by molar-refractivity contribution is 0.00643. The minimum Gasteiger partial charge on any atom is -0.478 e. The smallest absolute Gasteiger partial charge is 0.338 e. The predicted octanol–water partition coefficient (Wildman–Crippen LogP) is 2.88. The quantitative estimate of drug-likeness (QED) is 0.846. The topological polar surface area (TPSA) is 80.7 Å². The van der Waals surface area contributed by atoms with E-state index in [2.05, 4.69) is 15.9 Å². The number of carbonyl (C=O) groups is 1. The van der Waals surface area contributed by atoms with Crippen molar-refractivity contribution >= 4 is 31.7 Å². The minimum absolute atomic E-state index is 0.111. The van der Waals surface area contributed by atoms with Crippen molar-refractivity contribution in [2.24, 2.45) is 0 Å². The summed E-state index contributed by atoms with van der Waals surface area (Å²) < 4.78 is 43.8. The first-order valence-electron chi connectivity index (χ1n) is 6.03. The highest BCUT2D eigenvalue weighted by Crippen LogP contribution is 2.25. The SMILES string of the molecule is CC(C)(C)OCCS(=O)(=O)c1cc(Br)cc(C(=O)O)c1F. The number of ether oxygens (including phenoxy) is 1. The van der Waals surface area contributed by atoms with Gasteiger partial charge in [-0.25, -0.2) is 17.6 Å². The molecule has 0 bridgehead atoms. The maximum absolute atomic E-state index is 14.0. The molecule has 0 amide bonds. The fourth-order valence-electron chi connectivity index (χ4n) is 1.51. The second-order valence-corrected chi connectivity index (χ2v) is 8.34. The van der Waals surface area contributed by atoms with Crippen molar-refractivity contribution in [1.82, 2.24) is 0 Å². The highest BCUT2D eigenvalue weighted by molar-refractivity contribution is 9.10. The van der Waals surface area contributed by atoms with Crippen LogP contribution in [-0.2, 0) is 14.6 Å². The number of aromatic carboxylic acids is 1. The second kappa shape index (κ2) is 6.41. The van der Waals surface area contributed by atoms with Gasteiger partial charge in [0.1, 0.15) is 4.90 Å². The van der Waals surface area contributed by atoms with Gasteiger partial charge in [0.15, 0.2) is 15.7 Å². The molecule has 8 heteroatoms. The summed E-state index contributed by atoms with van der Waals surface area (Å²) >= 11 is 2.98. The summed E-state index contributed by atoms with van der Waals surface area (Å²) in [6.45, 7) is 5.19. The predicted molar refractivity (Wildman–Crippen MR) is 78.8 cm³/mol. The number of benzene rings is 1. The summed E-state index contributed by atoms with van der Waals surface area (Å²) in [6, 6.07) is 2.07. The van der Waals surface area contributed by atoms with Crippen LogP contribution in [0.25, 0.3) is 0 Å². The third kappa shape index (κ3) is 5.05. The van der Waals surface area contributed by atoms with E-state index in [-0.39, 0.29) is 11.1 Å². The van der Waals surface area contributed by atoms with Crippen molar-refractivity contribution < 1.29 is 27.4 Å². The van der Waals surface area contributed by atoms with Gasteiger partial charge in [0, 0.05) is 4.47 Å². The third-order valence-electron chi connectivity index (χ3n) is 2.46. The van der Waals surface area contributed by atoms with Crippen LogP contribution in [0.1, 0.15) is 31.1 Å². The Hall–Kier alpha value is -0.990. The molecule has 21 heavy (non-hydrogen) atoms. The summed E-state index contributed by atoms with van der Waals surface area (Å²) in [5, 5.41) is 8.88. The molecule has 0 fully saturated rings. The number of hydrogen-bond donors (Lipinski definition) is 1. The zero-order valence-electron chi connectivity index (χ0n) is 11.8. The van der Waals surface area contributed by atoms with Gasteiger partial charge in [-0.3, -0.25) is 0 Å². The van der Waals surface area contributed by atoms with Crippen LogP contribution in [0.5, 0.6) is 0 Å². The standard InChI is InChI=1S/C13H16BrFO5S/c1-13(2,3)20-4-5-21(18,19)10-7-8(14)6-9(11(10)15)12(16)17/h6-7H,4-5H2,1-3H3,(H,16,17). The van der Waals surface area contributed by atoms with Gasteiger partial charge in [-0.1, -0.05) is 15.9 Å². The average molecular weight is 383 g/mol. The summed E-state index contributed by atoms with van der Waals surface area (Å²) in [6.07, 6.45) is 0. The summed E-state index contributed by atoms with van der Waals surface area (Å²) in [5.41, 5.74) is -1.21. The fourth-order valence-corrected chi connectivity index (χ4v) is 3.34. The number of sulfone groups is 1. The lowest BCUT2D eigenvalue weighted by atomic mass is 10.2. The number of carboxylic acids is 1. The molecule has 0 unspecified atom stereocenters. The fraction of sp³-hybridized carbons (Fsp3) is 0.462. The molecule has 0 atom stereocenters. The Morgan fingerprint density at radius 1 is 1.38 bits per heavy atom. The summed E-state index contributed by atoms with van der Waals surface area (Å²) in [5.74, 6) is -3.23. The first kappa shape index (κ1) is 18.1. The van der Waals surface area contributed by atoms with Gasteiger partial charge >= 0.3 is 5.97 Å². The molecule has 1 rings (SSSR count). The van der Waals surface area contributed by atoms with Gasteiger partial charge in [0.05, 0.1) is 23.5 Å². The summed E-state index contributed by atoms with van der Waals surface area (Å²) in [7, 11) is -3.99. The van der Waals surface area contributed by atoms with Gasteiger partial charge in [0.25, 0.3) is 0 Å². The van der Waals surface area contributed by atoms with E-state index in [1.54, 1.807) is 20.8 Å². The number of rotatable bonds is 5. The van der Waals surface area contributed by atoms with Crippen LogP contribution in [0.2, 0.25) is 0 Å². The third-order valence-corrected chi connectivity index (χ3v) is 4.59. The molecule has 1 aromatic rings. The molecule has 0 aliphatic carbocycles. The molecule has 0 aliphatic rings. The maximum atomic E-state index is 14.0. The second-order valence-electron chi connectivity index (χ2n) is 5.35. The number of hydrogen-bond acceptors (Lipinski definition) is 4. The van der Waals surface area contributed by atoms with Crippen LogP contribution in [0, 0.1) is 5.82 Å². The van der Waals surface area contributed by atoms with E-state index in [1.807, 2.05) is 0 Å². The van der Waals surface area contributed by atoms with Gasteiger partial charge < -0.3 is 9.84 Å². The van der Waals surface area contributed by atoms with E-state index in [0.29, 0.717) is 0 Å². The number of carboxylic acid groups (broad SMARTS) is 1. The largest absolute Gasteiger partial charge is 0.478 e. The molecule has 0 radical (unpaired) electrons. The molecule has 0 aliphatic heterocycles. The lowest BCUT2D eigenvalue weighted by Gasteiger charge is -2.19. The van der Waals surface area contributed by atoms with Gasteiger partial charge in [-0.05, 0) is 32.9 Å². The van der Waals surface area contributed by atoms with Crippen LogP contribution in [0.4, 0.5) is 4.39 Å². The van der Waals surface area contributed by atoms with E-state index >= 15 is 0 Å². The Morgan fingerprint density at radius 3 is 2.43 bits per heavy atom. The first-order chi connectivity index (χ1) is 9.44. The molecule has 0 heterocycles. The van der Waals surface area contributed by atoms with Crippen LogP contribution in [0.3, 0.4) is 0 Å². The van der Waals surface area contributed by atoms with E-state index in [1.165, 1.54) is 0 Å². The minimum atomic E-state index is -3.99. The zero-order chi connectivity index (χ0) is 16.4. The van der Waals surface area contributed by atoms with E-state index in [4.69, 9.17) is 9.84 Å². The molecule has 1 aromatic carbocycles. The van der Waals surface area contributed by atoms with Crippen molar-refractivity contribution in [1.29, 1.82) is 0 Å². The maximum Gasteiger partial charge on any atom is 0.338 e. The Kier molecular flexibility index (Phi) is 5.51. The normalized spacial score (nSPS) is 12.4. The van der Waals surface area contributed by atoms with Crippen molar-refractivity contribution in [2.45, 2.75) is 31.3 Å². The molecule has 0 aromatic heterocycles. The van der Waals surface area contributed by atoms with Crippen molar-refractivity contribution in [3.8, 4) is 0 Å². The molecule has 1 N–H and O–H groups in total. The lowest BCUT2D eigenvalue weighted by Crippen LogP contribution is -2.24. The molecule has 5 nitrogen and oxygen atoms in total. The molecule has 118 valence electrons. The Balaban J connectivity index is 3.12. The van der Waals surface area contributed by atoms with E-state index in [9.17, 15) is 17.6 Å². The average Bonchev–Trinajstić information content (AvgIpc) is 2.29.